The van der Waals surface area contributed by atoms with Gasteiger partial charge in [0.2, 0.25) is 0 Å². The van der Waals surface area contributed by atoms with Crippen molar-refractivity contribution in [2.45, 2.75) is 52.4 Å². The Morgan fingerprint density at radius 2 is 0.636 bits per heavy atom. The van der Waals surface area contributed by atoms with Crippen molar-refractivity contribution >= 4 is 32.3 Å². The molecule has 2 aliphatic carbocycles. The van der Waals surface area contributed by atoms with Gasteiger partial charge in [0.15, 0.2) is 0 Å². The van der Waals surface area contributed by atoms with Crippen LogP contribution in [0.15, 0.2) is 109 Å². The van der Waals surface area contributed by atoms with E-state index in [1.807, 2.05) is 0 Å². The molecular weight excluding hydrogens is 528 g/mol. The van der Waals surface area contributed by atoms with Crippen molar-refractivity contribution in [2.24, 2.45) is 0 Å². The van der Waals surface area contributed by atoms with E-state index in [2.05, 4.69) is 151 Å². The second-order valence-electron chi connectivity index (χ2n) is 14.9. The average Bonchev–Trinajstić information content (AvgIpc) is 3.50. The fourth-order valence-corrected chi connectivity index (χ4v) is 8.64. The summed E-state index contributed by atoms with van der Waals surface area (Å²) in [5.41, 5.74) is 16.6. The number of fused-ring (bicyclic) bond motifs is 7. The number of hydrogen-bond acceptors (Lipinski definition) is 0. The minimum absolute atomic E-state index is 0.0141. The standard InChI is InChI=1S/C44H36/c1-43(2,3)41-33-15-9-10-16-34(33)42(44(4,5)6)40-36-24-22-28(31-19-12-20-35(38(31)36)39(40)41)27-21-23-32-26-14-8-7-13-25(26)29-17-11-18-30(27)37(29)32/h7-24H,1-6H3. The van der Waals surface area contributed by atoms with Gasteiger partial charge in [-0.2, -0.15) is 0 Å². The van der Waals surface area contributed by atoms with Crippen LogP contribution >= 0.6 is 0 Å². The van der Waals surface area contributed by atoms with Crippen molar-refractivity contribution in [2.75, 3.05) is 0 Å². The van der Waals surface area contributed by atoms with Gasteiger partial charge in [0.25, 0.3) is 0 Å². The Bertz CT molecular complexity index is 2290. The monoisotopic (exact) mass is 564 g/mol. The summed E-state index contributed by atoms with van der Waals surface area (Å²) in [6, 6.07) is 41.4. The van der Waals surface area contributed by atoms with Gasteiger partial charge < -0.3 is 0 Å². The van der Waals surface area contributed by atoms with Crippen LogP contribution in [0.5, 0.6) is 0 Å². The van der Waals surface area contributed by atoms with Crippen molar-refractivity contribution < 1.29 is 0 Å². The molecule has 0 radical (unpaired) electrons. The van der Waals surface area contributed by atoms with Gasteiger partial charge in [-0.1, -0.05) is 151 Å². The van der Waals surface area contributed by atoms with Crippen molar-refractivity contribution in [1.29, 1.82) is 0 Å². The maximum atomic E-state index is 2.43. The Morgan fingerprint density at radius 1 is 0.295 bits per heavy atom. The molecule has 0 bridgehead atoms. The van der Waals surface area contributed by atoms with Crippen LogP contribution in [0.3, 0.4) is 0 Å². The van der Waals surface area contributed by atoms with E-state index in [0.29, 0.717) is 0 Å². The second-order valence-corrected chi connectivity index (χ2v) is 14.9. The normalized spacial score (nSPS) is 13.2. The minimum atomic E-state index is -0.0141. The van der Waals surface area contributed by atoms with Crippen molar-refractivity contribution in [3.05, 3.63) is 120 Å². The van der Waals surface area contributed by atoms with E-state index in [9.17, 15) is 0 Å². The van der Waals surface area contributed by atoms with E-state index >= 15 is 0 Å². The molecule has 7 aromatic carbocycles. The predicted octanol–water partition coefficient (Wildman–Crippen LogP) is 12.7. The fraction of sp³-hybridized carbons (Fsp3) is 0.182. The van der Waals surface area contributed by atoms with Gasteiger partial charge in [0, 0.05) is 0 Å². The van der Waals surface area contributed by atoms with Gasteiger partial charge in [-0.15, -0.1) is 0 Å². The quantitative estimate of drug-likeness (QED) is 0.186. The molecule has 7 aromatic rings. The lowest BCUT2D eigenvalue weighted by Crippen LogP contribution is -2.18. The first-order chi connectivity index (χ1) is 21.1. The molecule has 0 aromatic heterocycles. The molecule has 0 aliphatic heterocycles. The zero-order valence-corrected chi connectivity index (χ0v) is 26.4. The van der Waals surface area contributed by atoms with Crippen LogP contribution in [0.25, 0.3) is 88.0 Å². The van der Waals surface area contributed by atoms with Crippen LogP contribution in [0.2, 0.25) is 0 Å². The maximum absolute atomic E-state index is 2.43. The van der Waals surface area contributed by atoms with Crippen LogP contribution in [-0.4, -0.2) is 0 Å². The highest BCUT2D eigenvalue weighted by molar-refractivity contribution is 6.25. The predicted molar refractivity (Wildman–Crippen MR) is 191 cm³/mol. The summed E-state index contributed by atoms with van der Waals surface area (Å²) in [4.78, 5) is 0. The molecule has 0 heterocycles. The molecule has 44 heavy (non-hydrogen) atoms. The van der Waals surface area contributed by atoms with Gasteiger partial charge in [0.1, 0.15) is 0 Å². The third kappa shape index (κ3) is 3.24. The second kappa shape index (κ2) is 8.48. The minimum Gasteiger partial charge on any atom is -0.0616 e. The molecule has 0 amide bonds. The van der Waals surface area contributed by atoms with E-state index in [1.54, 1.807) is 0 Å². The smallest absolute Gasteiger partial charge is 0.00199 e. The molecule has 0 heteroatoms. The highest BCUT2D eigenvalue weighted by Gasteiger charge is 2.36. The lowest BCUT2D eigenvalue weighted by Gasteiger charge is -2.32. The third-order valence-electron chi connectivity index (χ3n) is 10.1. The van der Waals surface area contributed by atoms with E-state index < -0.39 is 0 Å². The van der Waals surface area contributed by atoms with Crippen LogP contribution < -0.4 is 0 Å². The number of benzene rings is 7. The van der Waals surface area contributed by atoms with E-state index in [0.717, 1.165) is 0 Å². The first kappa shape index (κ1) is 25.8. The summed E-state index contributed by atoms with van der Waals surface area (Å²) in [6.45, 7) is 14.3. The first-order valence-electron chi connectivity index (χ1n) is 16.0. The molecule has 0 saturated heterocycles. The number of hydrogen-bond donors (Lipinski definition) is 0. The molecule has 0 nitrogen and oxygen atoms in total. The summed E-state index contributed by atoms with van der Waals surface area (Å²) in [6.07, 6.45) is 0. The summed E-state index contributed by atoms with van der Waals surface area (Å²) in [7, 11) is 0. The third-order valence-corrected chi connectivity index (χ3v) is 10.1. The molecular formula is C44H36. The molecule has 0 saturated carbocycles. The highest BCUT2D eigenvalue weighted by atomic mass is 14.4. The lowest BCUT2D eigenvalue weighted by atomic mass is 9.72. The Hall–Kier alpha value is -4.68. The summed E-state index contributed by atoms with van der Waals surface area (Å²) < 4.78 is 0. The van der Waals surface area contributed by atoms with Gasteiger partial charge >= 0.3 is 0 Å². The highest BCUT2D eigenvalue weighted by Crippen LogP contribution is 2.58. The Balaban J connectivity index is 1.40. The van der Waals surface area contributed by atoms with E-state index in [1.165, 1.54) is 99.1 Å². The van der Waals surface area contributed by atoms with Gasteiger partial charge in [-0.3, -0.25) is 0 Å². The summed E-state index contributed by atoms with van der Waals surface area (Å²) in [5, 5.41) is 8.24. The first-order valence-corrected chi connectivity index (χ1v) is 16.0. The van der Waals surface area contributed by atoms with Crippen molar-refractivity contribution in [3.8, 4) is 55.6 Å². The van der Waals surface area contributed by atoms with Crippen molar-refractivity contribution in [3.63, 3.8) is 0 Å². The Morgan fingerprint density at radius 3 is 1.16 bits per heavy atom. The topological polar surface area (TPSA) is 0 Å². The van der Waals surface area contributed by atoms with Crippen LogP contribution in [-0.2, 0) is 10.8 Å². The van der Waals surface area contributed by atoms with E-state index in [4.69, 9.17) is 0 Å². The Kier molecular flexibility index (Phi) is 4.97. The maximum Gasteiger partial charge on any atom is -0.00199 e. The van der Waals surface area contributed by atoms with Gasteiger partial charge in [-0.05, 0) is 110 Å². The molecule has 0 unspecified atom stereocenters. The van der Waals surface area contributed by atoms with Crippen LogP contribution in [0, 0.1) is 0 Å². The Labute approximate surface area is 260 Å². The van der Waals surface area contributed by atoms with Gasteiger partial charge in [0.05, 0.1) is 0 Å². The molecule has 0 N–H and O–H groups in total. The lowest BCUT2D eigenvalue weighted by molar-refractivity contribution is 0.588. The SMILES string of the molecule is CC(C)(C)c1c2c(c(C(C)(C)C)c3ccccc13)-c1ccc(-c3ccc4c5c(cccc35)-c3ccccc3-4)c3cccc-2c13. The molecule has 212 valence electrons. The fourth-order valence-electron chi connectivity index (χ4n) is 8.64. The van der Waals surface area contributed by atoms with E-state index in [-0.39, 0.29) is 10.8 Å². The van der Waals surface area contributed by atoms with Gasteiger partial charge in [-0.25, -0.2) is 0 Å². The van der Waals surface area contributed by atoms with Crippen LogP contribution in [0.1, 0.15) is 52.7 Å². The molecule has 0 atom stereocenters. The van der Waals surface area contributed by atoms with Crippen LogP contribution in [0.4, 0.5) is 0 Å². The summed E-state index contributed by atoms with van der Waals surface area (Å²) >= 11 is 0. The zero-order chi connectivity index (χ0) is 30.1. The molecule has 0 spiro atoms. The van der Waals surface area contributed by atoms with Crippen molar-refractivity contribution in [1.82, 2.24) is 0 Å². The largest absolute Gasteiger partial charge is 0.0616 e. The number of rotatable bonds is 1. The average molecular weight is 565 g/mol. The summed E-state index contributed by atoms with van der Waals surface area (Å²) in [5.74, 6) is 0. The molecule has 2 aliphatic rings. The molecule has 9 rings (SSSR count). The zero-order valence-electron chi connectivity index (χ0n) is 26.4. The molecule has 0 fully saturated rings.